The summed E-state index contributed by atoms with van der Waals surface area (Å²) < 4.78 is 3.66. The Balaban J connectivity index is 1.73. The van der Waals surface area contributed by atoms with E-state index in [9.17, 15) is 0 Å². The molecule has 0 aliphatic carbocycles. The smallest absolute Gasteiger partial charge is 0.210 e. The third-order valence-electron chi connectivity index (χ3n) is 6.09. The number of fused-ring (bicyclic) bond motifs is 3. The van der Waals surface area contributed by atoms with Crippen LogP contribution in [0.25, 0.3) is 10.8 Å². The molecule has 0 unspecified atom stereocenters. The van der Waals surface area contributed by atoms with Gasteiger partial charge in [0.1, 0.15) is 6.54 Å². The zero-order valence-corrected chi connectivity index (χ0v) is 17.6. The van der Waals surface area contributed by atoms with Gasteiger partial charge >= 0.3 is 0 Å². The van der Waals surface area contributed by atoms with Crippen molar-refractivity contribution in [3.63, 3.8) is 0 Å². The lowest BCUT2D eigenvalue weighted by molar-refractivity contribution is -0.870. The zero-order chi connectivity index (χ0) is 18.9. The van der Waals surface area contributed by atoms with Crippen LogP contribution in [0, 0.1) is 0 Å². The van der Waals surface area contributed by atoms with Gasteiger partial charge in [0.2, 0.25) is 5.69 Å². The number of rotatable bonds is 7. The minimum atomic E-state index is 0.111. The molecule has 0 saturated heterocycles. The molecule has 0 saturated carbocycles. The van der Waals surface area contributed by atoms with E-state index in [1.807, 2.05) is 0 Å². The summed E-state index contributed by atoms with van der Waals surface area (Å²) in [5.74, 6) is 0. The summed E-state index contributed by atoms with van der Waals surface area (Å²) >= 11 is 0. The number of hydrogen-bond acceptors (Lipinski definition) is 0. The Morgan fingerprint density at radius 2 is 1.58 bits per heavy atom. The van der Waals surface area contributed by atoms with Crippen LogP contribution in [0.1, 0.15) is 52.0 Å². The molecule has 1 heterocycles. The first-order valence-corrected chi connectivity index (χ1v) is 10.2. The molecule has 0 aromatic heterocycles. The van der Waals surface area contributed by atoms with Gasteiger partial charge in [0, 0.05) is 25.0 Å². The van der Waals surface area contributed by atoms with Crippen molar-refractivity contribution in [1.82, 2.24) is 0 Å². The average Bonchev–Trinajstić information content (AvgIpc) is 2.77. The minimum Gasteiger partial charge on any atom is -0.331 e. The number of nitrogens with zero attached hydrogens (tertiary/aromatic N) is 2. The molecule has 26 heavy (non-hydrogen) atoms. The standard InChI is InChI=1S/C24H36N2/c1-19-24(2,3)23-21-14-10-9-13-20(21)15-16-22(23)25(19)17-11-7-8-12-18-26(4,5)6/h9-10,13-16H,7-8,11-12,17-18H2,1-6H3/q+2. The minimum absolute atomic E-state index is 0.111. The predicted octanol–water partition coefficient (Wildman–Crippen LogP) is 5.50. The highest BCUT2D eigenvalue weighted by molar-refractivity contribution is 6.01. The van der Waals surface area contributed by atoms with Gasteiger partial charge in [0.15, 0.2) is 5.71 Å². The first kappa shape index (κ1) is 19.1. The van der Waals surface area contributed by atoms with Crippen molar-refractivity contribution >= 4 is 22.2 Å². The molecule has 0 atom stereocenters. The van der Waals surface area contributed by atoms with Gasteiger partial charge < -0.3 is 4.48 Å². The van der Waals surface area contributed by atoms with Gasteiger partial charge in [-0.1, -0.05) is 24.3 Å². The highest BCUT2D eigenvalue weighted by Crippen LogP contribution is 2.43. The molecule has 0 amide bonds. The number of benzene rings is 2. The van der Waals surface area contributed by atoms with Gasteiger partial charge in [-0.3, -0.25) is 0 Å². The van der Waals surface area contributed by atoms with Crippen LogP contribution in [0.3, 0.4) is 0 Å². The molecule has 0 bridgehead atoms. The average molecular weight is 353 g/mol. The third-order valence-corrected chi connectivity index (χ3v) is 6.09. The summed E-state index contributed by atoms with van der Waals surface area (Å²) in [5, 5.41) is 2.77. The molecule has 2 aromatic rings. The molecule has 0 spiro atoms. The van der Waals surface area contributed by atoms with Gasteiger partial charge in [-0.05, 0) is 49.9 Å². The Hall–Kier alpha value is -1.67. The van der Waals surface area contributed by atoms with Crippen LogP contribution in [0.4, 0.5) is 5.69 Å². The van der Waals surface area contributed by atoms with Crippen molar-refractivity contribution in [3.05, 3.63) is 42.0 Å². The fraction of sp³-hybridized carbons (Fsp3) is 0.542. The normalized spacial score (nSPS) is 16.4. The predicted molar refractivity (Wildman–Crippen MR) is 114 cm³/mol. The second-order valence-corrected chi connectivity index (χ2v) is 9.47. The molecular formula is C24H36N2+2. The van der Waals surface area contributed by atoms with E-state index in [2.05, 4.69) is 82.9 Å². The summed E-state index contributed by atoms with van der Waals surface area (Å²) in [6.07, 6.45) is 5.28. The van der Waals surface area contributed by atoms with Gasteiger partial charge in [0.25, 0.3) is 0 Å². The summed E-state index contributed by atoms with van der Waals surface area (Å²) in [6, 6.07) is 13.5. The summed E-state index contributed by atoms with van der Waals surface area (Å²) in [5.41, 5.74) is 4.55. The van der Waals surface area contributed by atoms with Crippen molar-refractivity contribution in [2.45, 2.75) is 51.9 Å². The van der Waals surface area contributed by atoms with E-state index < -0.39 is 0 Å². The van der Waals surface area contributed by atoms with Crippen LogP contribution in [0.2, 0.25) is 0 Å². The van der Waals surface area contributed by atoms with Crippen molar-refractivity contribution in [2.75, 3.05) is 34.2 Å². The lowest BCUT2D eigenvalue weighted by Crippen LogP contribution is -2.35. The van der Waals surface area contributed by atoms with Crippen LogP contribution in [-0.2, 0) is 5.41 Å². The third kappa shape index (κ3) is 3.71. The van der Waals surface area contributed by atoms with E-state index in [4.69, 9.17) is 0 Å². The van der Waals surface area contributed by atoms with Gasteiger partial charge in [-0.2, -0.15) is 4.58 Å². The van der Waals surface area contributed by atoms with Crippen LogP contribution in [-0.4, -0.2) is 49.0 Å². The van der Waals surface area contributed by atoms with Gasteiger partial charge in [-0.15, -0.1) is 0 Å². The molecule has 1 aliphatic rings. The maximum Gasteiger partial charge on any atom is 0.210 e. The highest BCUT2D eigenvalue weighted by atomic mass is 15.3. The molecule has 2 aromatic carbocycles. The van der Waals surface area contributed by atoms with Crippen molar-refractivity contribution in [2.24, 2.45) is 0 Å². The maximum atomic E-state index is 2.58. The molecular weight excluding hydrogens is 316 g/mol. The van der Waals surface area contributed by atoms with E-state index in [0.717, 1.165) is 11.0 Å². The molecule has 2 nitrogen and oxygen atoms in total. The number of hydrogen-bond donors (Lipinski definition) is 0. The molecule has 2 heteroatoms. The van der Waals surface area contributed by atoms with E-state index in [1.165, 1.54) is 60.0 Å². The fourth-order valence-electron chi connectivity index (χ4n) is 4.34. The number of unbranched alkanes of at least 4 members (excludes halogenated alkanes) is 3. The monoisotopic (exact) mass is 352 g/mol. The van der Waals surface area contributed by atoms with Crippen molar-refractivity contribution < 1.29 is 9.06 Å². The Morgan fingerprint density at radius 3 is 2.31 bits per heavy atom. The van der Waals surface area contributed by atoms with E-state index in [-0.39, 0.29) is 5.41 Å². The fourth-order valence-corrected chi connectivity index (χ4v) is 4.34. The van der Waals surface area contributed by atoms with Crippen molar-refractivity contribution in [1.29, 1.82) is 0 Å². The van der Waals surface area contributed by atoms with Crippen LogP contribution < -0.4 is 0 Å². The van der Waals surface area contributed by atoms with Crippen LogP contribution in [0.5, 0.6) is 0 Å². The first-order valence-electron chi connectivity index (χ1n) is 10.2. The highest BCUT2D eigenvalue weighted by Gasteiger charge is 2.43. The molecule has 1 aliphatic heterocycles. The largest absolute Gasteiger partial charge is 0.331 e. The lowest BCUT2D eigenvalue weighted by atomic mass is 9.80. The Labute approximate surface area is 159 Å². The molecule has 0 radical (unpaired) electrons. The first-order chi connectivity index (χ1) is 12.2. The summed E-state index contributed by atoms with van der Waals surface area (Å²) in [4.78, 5) is 0. The summed E-state index contributed by atoms with van der Waals surface area (Å²) in [7, 11) is 6.85. The summed E-state index contributed by atoms with van der Waals surface area (Å²) in [6.45, 7) is 9.51. The number of quaternary nitrogens is 1. The molecule has 0 fully saturated rings. The molecule has 3 rings (SSSR count). The van der Waals surface area contributed by atoms with Gasteiger partial charge in [0.05, 0.1) is 33.1 Å². The lowest BCUT2D eigenvalue weighted by Gasteiger charge is -2.23. The molecule has 140 valence electrons. The van der Waals surface area contributed by atoms with E-state index in [0.29, 0.717) is 0 Å². The van der Waals surface area contributed by atoms with E-state index in [1.54, 1.807) is 0 Å². The topological polar surface area (TPSA) is 3.01 Å². The van der Waals surface area contributed by atoms with Crippen molar-refractivity contribution in [3.8, 4) is 0 Å². The molecule has 0 N–H and O–H groups in total. The van der Waals surface area contributed by atoms with Crippen LogP contribution >= 0.6 is 0 Å². The second-order valence-electron chi connectivity index (χ2n) is 9.47. The van der Waals surface area contributed by atoms with E-state index >= 15 is 0 Å². The van der Waals surface area contributed by atoms with Crippen LogP contribution in [0.15, 0.2) is 36.4 Å². The zero-order valence-electron chi connectivity index (χ0n) is 17.6. The second kappa shape index (κ2) is 7.15. The SMILES string of the molecule is CC1=[N+](CCCCCC[N+](C)(C)C)c2ccc3ccccc3c2C1(C)C. The quantitative estimate of drug-likeness (QED) is 0.351. The van der Waals surface area contributed by atoms with Gasteiger partial charge in [-0.25, -0.2) is 0 Å². The Bertz CT molecular complexity index is 822. The Kier molecular flexibility index (Phi) is 5.25. The maximum absolute atomic E-state index is 2.58. The Morgan fingerprint density at radius 1 is 0.885 bits per heavy atom.